The minimum absolute atomic E-state index is 0.124. The lowest BCUT2D eigenvalue weighted by atomic mass is 10.0. The van der Waals surface area contributed by atoms with Crippen molar-refractivity contribution < 1.29 is 28.7 Å². The number of hydrogen-bond acceptors (Lipinski definition) is 8. The summed E-state index contributed by atoms with van der Waals surface area (Å²) in [5.41, 5.74) is 2.32. The van der Waals surface area contributed by atoms with Crippen molar-refractivity contribution in [1.29, 1.82) is 0 Å². The molecule has 10 nitrogen and oxygen atoms in total. The number of fused-ring (bicyclic) bond motifs is 1. The number of carbonyl (C=O) groups is 2. The molecule has 0 unspecified atom stereocenters. The fourth-order valence-corrected chi connectivity index (χ4v) is 3.67. The zero-order valence-corrected chi connectivity index (χ0v) is 19.0. The van der Waals surface area contributed by atoms with Gasteiger partial charge in [0.2, 0.25) is 0 Å². The predicted octanol–water partition coefficient (Wildman–Crippen LogP) is 2.54. The van der Waals surface area contributed by atoms with Gasteiger partial charge < -0.3 is 29.7 Å². The molecule has 0 radical (unpaired) electrons. The molecule has 1 aromatic carbocycles. The first kappa shape index (κ1) is 23.1. The van der Waals surface area contributed by atoms with Crippen LogP contribution in [0.2, 0.25) is 0 Å². The SMILES string of the molecule is Cc1noc(C)c1C(=O)N[C@@H](Cc1ccc(OCCc2ccc3c(n2)NCCO3)cc1)C(=O)O. The molecular weight excluding hydrogens is 440 g/mol. The zero-order valence-electron chi connectivity index (χ0n) is 19.0. The van der Waals surface area contributed by atoms with E-state index in [1.54, 1.807) is 38.1 Å². The first-order valence-corrected chi connectivity index (χ1v) is 11.0. The van der Waals surface area contributed by atoms with Crippen LogP contribution in [0.5, 0.6) is 11.5 Å². The molecule has 0 saturated carbocycles. The first-order valence-electron chi connectivity index (χ1n) is 11.0. The highest BCUT2D eigenvalue weighted by Crippen LogP contribution is 2.25. The summed E-state index contributed by atoms with van der Waals surface area (Å²) in [4.78, 5) is 28.8. The number of hydrogen-bond donors (Lipinski definition) is 3. The number of aliphatic carboxylic acids is 1. The topological polar surface area (TPSA) is 136 Å². The molecule has 0 aliphatic carbocycles. The van der Waals surface area contributed by atoms with Crippen LogP contribution in [0, 0.1) is 13.8 Å². The minimum atomic E-state index is -1.13. The minimum Gasteiger partial charge on any atom is -0.493 e. The van der Waals surface area contributed by atoms with E-state index < -0.39 is 17.9 Å². The number of nitrogens with one attached hydrogen (secondary N) is 2. The smallest absolute Gasteiger partial charge is 0.326 e. The molecule has 0 saturated heterocycles. The summed E-state index contributed by atoms with van der Waals surface area (Å²) in [7, 11) is 0. The molecule has 3 aromatic rings. The summed E-state index contributed by atoms with van der Waals surface area (Å²) in [5.74, 6) is 0.862. The van der Waals surface area contributed by atoms with Crippen LogP contribution in [0.4, 0.5) is 5.82 Å². The number of anilines is 1. The Bertz CT molecular complexity index is 1160. The highest BCUT2D eigenvalue weighted by molar-refractivity contribution is 5.98. The summed E-state index contributed by atoms with van der Waals surface area (Å²) in [5, 5.41) is 19.1. The van der Waals surface area contributed by atoms with E-state index in [4.69, 9.17) is 14.0 Å². The normalized spacial score (nSPS) is 13.2. The Balaban J connectivity index is 1.30. The van der Waals surface area contributed by atoms with E-state index in [1.165, 1.54) is 0 Å². The second kappa shape index (κ2) is 10.2. The molecule has 0 spiro atoms. The lowest BCUT2D eigenvalue weighted by Crippen LogP contribution is -2.42. The van der Waals surface area contributed by atoms with Crippen molar-refractivity contribution >= 4 is 17.7 Å². The Morgan fingerprint density at radius 2 is 2.00 bits per heavy atom. The maximum absolute atomic E-state index is 12.5. The lowest BCUT2D eigenvalue weighted by Gasteiger charge is -2.18. The number of carboxylic acids is 1. The van der Waals surface area contributed by atoms with Crippen molar-refractivity contribution in [3.05, 3.63) is 64.7 Å². The van der Waals surface area contributed by atoms with Crippen LogP contribution in [0.25, 0.3) is 0 Å². The zero-order chi connectivity index (χ0) is 24.1. The molecule has 0 fully saturated rings. The molecule has 1 atom stereocenters. The fraction of sp³-hybridized carbons (Fsp3) is 0.333. The number of carbonyl (C=O) groups excluding carboxylic acids is 1. The Hall–Kier alpha value is -4.08. The Morgan fingerprint density at radius 3 is 2.71 bits per heavy atom. The molecule has 178 valence electrons. The molecule has 1 amide bonds. The van der Waals surface area contributed by atoms with Gasteiger partial charge in [-0.25, -0.2) is 9.78 Å². The van der Waals surface area contributed by atoms with Crippen LogP contribution in [-0.4, -0.2) is 52.9 Å². The van der Waals surface area contributed by atoms with Gasteiger partial charge in [0, 0.05) is 18.5 Å². The number of pyridine rings is 1. The maximum Gasteiger partial charge on any atom is 0.326 e. The second-order valence-corrected chi connectivity index (χ2v) is 7.93. The fourth-order valence-electron chi connectivity index (χ4n) is 3.67. The molecule has 34 heavy (non-hydrogen) atoms. The number of nitrogens with zero attached hydrogens (tertiary/aromatic N) is 2. The molecule has 1 aliphatic rings. The van der Waals surface area contributed by atoms with Crippen LogP contribution < -0.4 is 20.1 Å². The molecule has 4 rings (SSSR count). The molecular formula is C24H26N4O6. The van der Waals surface area contributed by atoms with E-state index in [0.29, 0.717) is 36.8 Å². The summed E-state index contributed by atoms with van der Waals surface area (Å²) in [6.45, 7) is 5.05. The highest BCUT2D eigenvalue weighted by atomic mass is 16.5. The Kier molecular flexibility index (Phi) is 6.95. The number of aryl methyl sites for hydroxylation is 2. The van der Waals surface area contributed by atoms with Crippen LogP contribution in [0.1, 0.15) is 33.1 Å². The van der Waals surface area contributed by atoms with Crippen molar-refractivity contribution in [2.45, 2.75) is 32.7 Å². The van der Waals surface area contributed by atoms with Crippen LogP contribution in [-0.2, 0) is 17.6 Å². The number of aromatic nitrogens is 2. The van der Waals surface area contributed by atoms with Gasteiger partial charge in [-0.05, 0) is 43.7 Å². The first-order chi connectivity index (χ1) is 16.4. The molecule has 3 N–H and O–H groups in total. The van der Waals surface area contributed by atoms with Crippen molar-refractivity contribution in [3.8, 4) is 11.5 Å². The van der Waals surface area contributed by atoms with Gasteiger partial charge in [-0.15, -0.1) is 0 Å². The number of benzene rings is 1. The average Bonchev–Trinajstić information content (AvgIpc) is 3.17. The van der Waals surface area contributed by atoms with E-state index >= 15 is 0 Å². The van der Waals surface area contributed by atoms with Crippen molar-refractivity contribution in [2.75, 3.05) is 25.1 Å². The van der Waals surface area contributed by atoms with Gasteiger partial charge in [-0.2, -0.15) is 0 Å². The molecule has 1 aliphatic heterocycles. The number of carboxylic acid groups (broad SMARTS) is 1. The summed E-state index contributed by atoms with van der Waals surface area (Å²) < 4.78 is 16.3. The van der Waals surface area contributed by atoms with E-state index in [2.05, 4.69) is 20.8 Å². The standard InChI is InChI=1S/C24H26N4O6/c1-14-21(15(2)34-28-14)23(29)27-19(24(30)31)13-16-3-6-18(7-4-16)32-11-9-17-5-8-20-22(26-17)25-10-12-33-20/h3-8,19H,9-13H2,1-2H3,(H,25,26)(H,27,29)(H,30,31)/t19-/m0/s1. The maximum atomic E-state index is 12.5. The summed E-state index contributed by atoms with van der Waals surface area (Å²) >= 11 is 0. The monoisotopic (exact) mass is 466 g/mol. The summed E-state index contributed by atoms with van der Waals surface area (Å²) in [6.07, 6.45) is 0.754. The third-order valence-corrected chi connectivity index (χ3v) is 5.42. The van der Waals surface area contributed by atoms with Crippen LogP contribution >= 0.6 is 0 Å². The summed E-state index contributed by atoms with van der Waals surface area (Å²) in [6, 6.07) is 9.85. The van der Waals surface area contributed by atoms with Gasteiger partial charge in [0.25, 0.3) is 5.91 Å². The van der Waals surface area contributed by atoms with Crippen LogP contribution in [0.15, 0.2) is 40.9 Å². The van der Waals surface area contributed by atoms with E-state index in [1.807, 2.05) is 12.1 Å². The number of amides is 1. The van der Waals surface area contributed by atoms with Gasteiger partial charge >= 0.3 is 5.97 Å². The van der Waals surface area contributed by atoms with Crippen molar-refractivity contribution in [3.63, 3.8) is 0 Å². The molecule has 0 bridgehead atoms. The van der Waals surface area contributed by atoms with E-state index in [-0.39, 0.29) is 12.0 Å². The number of ether oxygens (including phenoxy) is 2. The quantitative estimate of drug-likeness (QED) is 0.435. The van der Waals surface area contributed by atoms with Crippen molar-refractivity contribution in [1.82, 2.24) is 15.5 Å². The van der Waals surface area contributed by atoms with Crippen LogP contribution in [0.3, 0.4) is 0 Å². The Morgan fingerprint density at radius 1 is 1.21 bits per heavy atom. The van der Waals surface area contributed by atoms with Gasteiger partial charge in [0.05, 0.1) is 18.8 Å². The molecule has 3 heterocycles. The third-order valence-electron chi connectivity index (χ3n) is 5.42. The van der Waals surface area contributed by atoms with Gasteiger partial charge in [0.1, 0.15) is 29.7 Å². The van der Waals surface area contributed by atoms with E-state index in [0.717, 1.165) is 29.4 Å². The average molecular weight is 466 g/mol. The number of rotatable bonds is 9. The predicted molar refractivity (Wildman–Crippen MR) is 122 cm³/mol. The third kappa shape index (κ3) is 5.45. The van der Waals surface area contributed by atoms with Gasteiger partial charge in [-0.1, -0.05) is 17.3 Å². The van der Waals surface area contributed by atoms with Gasteiger partial charge in [-0.3, -0.25) is 4.79 Å². The highest BCUT2D eigenvalue weighted by Gasteiger charge is 2.25. The van der Waals surface area contributed by atoms with E-state index in [9.17, 15) is 14.7 Å². The second-order valence-electron chi connectivity index (χ2n) is 7.93. The van der Waals surface area contributed by atoms with Gasteiger partial charge in [0.15, 0.2) is 11.6 Å². The lowest BCUT2D eigenvalue weighted by molar-refractivity contribution is -0.139. The molecule has 2 aromatic heterocycles. The molecule has 10 heteroatoms. The largest absolute Gasteiger partial charge is 0.493 e. The van der Waals surface area contributed by atoms with Crippen molar-refractivity contribution in [2.24, 2.45) is 0 Å². The Labute approximate surface area is 196 Å².